The van der Waals surface area contributed by atoms with Crippen molar-refractivity contribution in [1.29, 1.82) is 0 Å². The zero-order valence-corrected chi connectivity index (χ0v) is 58.9. The van der Waals surface area contributed by atoms with Gasteiger partial charge in [-0.3, -0.25) is 18.6 Å². The van der Waals surface area contributed by atoms with Gasteiger partial charge in [-0.25, -0.2) is 4.57 Å². The fraction of sp³-hybridized carbons (Fsp3) is 0.792. The third kappa shape index (κ3) is 67.4. The number of amides is 1. The molecular weight excluding hydrogens is 1100 g/mol. The molecule has 0 spiro atoms. The molecule has 10 heteroatoms. The Morgan fingerprint density at radius 2 is 0.736 bits per heavy atom. The summed E-state index contributed by atoms with van der Waals surface area (Å²) in [5.74, 6) is -0.525. The monoisotopic (exact) mass is 1240 g/mol. The lowest BCUT2D eigenvalue weighted by Crippen LogP contribution is -2.47. The Labute approximate surface area is 539 Å². The van der Waals surface area contributed by atoms with Gasteiger partial charge in [-0.2, -0.15) is 0 Å². The molecule has 3 atom stereocenters. The van der Waals surface area contributed by atoms with Crippen LogP contribution in [-0.2, 0) is 27.9 Å². The molecule has 0 aromatic rings. The Hall–Kier alpha value is -2.81. The summed E-state index contributed by atoms with van der Waals surface area (Å²) < 4.78 is 30.8. The van der Waals surface area contributed by atoms with Gasteiger partial charge in [-0.1, -0.05) is 331 Å². The predicted molar refractivity (Wildman–Crippen MR) is 378 cm³/mol. The summed E-state index contributed by atoms with van der Waals surface area (Å²) in [6.45, 7) is 6.91. The van der Waals surface area contributed by atoms with Crippen molar-refractivity contribution in [2.24, 2.45) is 0 Å². The van der Waals surface area contributed by atoms with E-state index in [1.165, 1.54) is 199 Å². The number of allylic oxidation sites excluding steroid dienone is 13. The topological polar surface area (TPSA) is 111 Å². The van der Waals surface area contributed by atoms with Crippen molar-refractivity contribution >= 4 is 19.7 Å². The predicted octanol–water partition coefficient (Wildman–Crippen LogP) is 23.7. The van der Waals surface area contributed by atoms with Crippen LogP contribution in [0.15, 0.2) is 85.1 Å². The van der Waals surface area contributed by atoms with Crippen molar-refractivity contribution in [3.05, 3.63) is 85.1 Å². The lowest BCUT2D eigenvalue weighted by Gasteiger charge is -2.27. The second kappa shape index (κ2) is 66.1. The quantitative estimate of drug-likeness (QED) is 0.0205. The summed E-state index contributed by atoms with van der Waals surface area (Å²) in [6.07, 6.45) is 89.0. The van der Waals surface area contributed by atoms with E-state index in [0.717, 1.165) is 103 Å². The Morgan fingerprint density at radius 1 is 0.414 bits per heavy atom. The Kier molecular flexibility index (Phi) is 64.0. The van der Waals surface area contributed by atoms with Crippen LogP contribution < -0.4 is 5.32 Å². The van der Waals surface area contributed by atoms with Crippen LogP contribution in [0.5, 0.6) is 0 Å². The minimum Gasteiger partial charge on any atom is -0.456 e. The molecule has 0 aliphatic rings. The number of phosphoric acid groups is 1. The molecule has 0 aliphatic heterocycles. The van der Waals surface area contributed by atoms with Gasteiger partial charge in [0.15, 0.2) is 0 Å². The number of carbonyl (C=O) groups is 2. The summed E-state index contributed by atoms with van der Waals surface area (Å²) in [7, 11) is 1.48. The molecule has 0 saturated heterocycles. The average Bonchev–Trinajstić information content (AvgIpc) is 3.70. The molecule has 0 bridgehead atoms. The van der Waals surface area contributed by atoms with E-state index in [4.69, 9.17) is 13.8 Å². The first-order valence-corrected chi connectivity index (χ1v) is 38.4. The standard InChI is InChI=1S/C77H141N2O7P/c1-7-10-13-16-19-22-25-27-29-31-33-35-37-38-39-40-42-44-46-48-50-52-55-58-61-64-67-70-77(81)86-75(68-65-62-59-56-53-24-21-18-15-12-9-3)74(73-85-87(82,83)84-72-71-79(4,5)6)78-76(80)69-66-63-60-57-54-51-49-47-45-43-41-36-34-32-30-28-26-23-20-17-14-11-8-2/h11,14,20,23,28,30,34,36,43,45,49,51,65,68,74-75H,7-10,12-13,15-19,21-22,24-27,29,31-33,35,37-42,44,46-48,50,52-64,66-67,69-73H2,1-6H3,(H-,78,80,82,83)/p+1/b14-11-,23-20-,30-28-,36-34-,45-43-,51-49-,68-65+. The molecule has 0 rings (SSSR count). The number of ether oxygens (including phenoxy) is 1. The molecular formula is C77H142N2O7P+. The van der Waals surface area contributed by atoms with Crippen LogP contribution in [0.2, 0.25) is 0 Å². The molecule has 1 amide bonds. The number of nitrogens with one attached hydrogen (secondary N) is 1. The summed E-state index contributed by atoms with van der Waals surface area (Å²) in [5.41, 5.74) is 0. The Morgan fingerprint density at radius 3 is 1.10 bits per heavy atom. The first-order chi connectivity index (χ1) is 42.4. The molecule has 0 fully saturated rings. The van der Waals surface area contributed by atoms with Crippen LogP contribution in [0.3, 0.4) is 0 Å². The van der Waals surface area contributed by atoms with Gasteiger partial charge in [0.25, 0.3) is 0 Å². The maximum Gasteiger partial charge on any atom is 0.472 e. The molecule has 9 nitrogen and oxygen atoms in total. The summed E-state index contributed by atoms with van der Waals surface area (Å²) in [6, 6.07) is -0.866. The number of hydrogen-bond acceptors (Lipinski definition) is 6. The molecule has 2 N–H and O–H groups in total. The maximum absolute atomic E-state index is 13.6. The van der Waals surface area contributed by atoms with Gasteiger partial charge >= 0.3 is 13.8 Å². The number of esters is 1. The number of likely N-dealkylation sites (N-methyl/N-ethyl adjacent to an activating group) is 1. The van der Waals surface area contributed by atoms with Crippen molar-refractivity contribution in [1.82, 2.24) is 5.32 Å². The molecule has 87 heavy (non-hydrogen) atoms. The first kappa shape index (κ1) is 84.2. The van der Waals surface area contributed by atoms with Gasteiger partial charge < -0.3 is 19.4 Å². The van der Waals surface area contributed by atoms with Crippen LogP contribution >= 0.6 is 7.82 Å². The second-order valence-electron chi connectivity index (χ2n) is 26.1. The molecule has 0 saturated carbocycles. The zero-order valence-electron chi connectivity index (χ0n) is 58.0. The Balaban J connectivity index is 5.00. The minimum atomic E-state index is -4.46. The fourth-order valence-electron chi connectivity index (χ4n) is 10.7. The Bertz CT molecular complexity index is 1760. The summed E-state index contributed by atoms with van der Waals surface area (Å²) >= 11 is 0. The molecule has 0 heterocycles. The van der Waals surface area contributed by atoms with E-state index in [1.54, 1.807) is 0 Å². The van der Waals surface area contributed by atoms with Crippen LogP contribution in [0.1, 0.15) is 342 Å². The van der Waals surface area contributed by atoms with E-state index < -0.39 is 20.0 Å². The van der Waals surface area contributed by atoms with E-state index in [0.29, 0.717) is 23.9 Å². The van der Waals surface area contributed by atoms with Gasteiger partial charge in [0.05, 0.1) is 33.8 Å². The number of unbranched alkanes of at least 4 members (excludes halogenated alkanes) is 39. The van der Waals surface area contributed by atoms with Gasteiger partial charge in [0.2, 0.25) is 5.91 Å². The zero-order chi connectivity index (χ0) is 63.5. The molecule has 0 radical (unpaired) electrons. The van der Waals surface area contributed by atoms with E-state index in [9.17, 15) is 19.0 Å². The van der Waals surface area contributed by atoms with Crippen LogP contribution in [0.4, 0.5) is 0 Å². The van der Waals surface area contributed by atoms with Crippen molar-refractivity contribution in [3.63, 3.8) is 0 Å². The highest BCUT2D eigenvalue weighted by Gasteiger charge is 2.30. The van der Waals surface area contributed by atoms with Crippen LogP contribution in [0.25, 0.3) is 0 Å². The first-order valence-electron chi connectivity index (χ1n) is 36.9. The lowest BCUT2D eigenvalue weighted by molar-refractivity contribution is -0.870. The van der Waals surface area contributed by atoms with Crippen molar-refractivity contribution < 1.29 is 37.3 Å². The molecule has 3 unspecified atom stereocenters. The molecule has 0 aromatic heterocycles. The van der Waals surface area contributed by atoms with Crippen LogP contribution in [0, 0.1) is 0 Å². The number of rotatable bonds is 67. The fourth-order valence-corrected chi connectivity index (χ4v) is 11.4. The number of quaternary nitrogens is 1. The number of carbonyl (C=O) groups excluding carboxylic acids is 2. The molecule has 506 valence electrons. The highest BCUT2D eigenvalue weighted by molar-refractivity contribution is 7.47. The number of phosphoric ester groups is 1. The van der Waals surface area contributed by atoms with Gasteiger partial charge in [-0.15, -0.1) is 0 Å². The summed E-state index contributed by atoms with van der Waals surface area (Å²) in [5, 5.41) is 3.06. The van der Waals surface area contributed by atoms with Crippen molar-refractivity contribution in [3.8, 4) is 0 Å². The normalized spacial score (nSPS) is 14.0. The van der Waals surface area contributed by atoms with Gasteiger partial charge in [-0.05, 0) is 83.1 Å². The smallest absolute Gasteiger partial charge is 0.456 e. The third-order valence-corrected chi connectivity index (χ3v) is 17.3. The second-order valence-corrected chi connectivity index (χ2v) is 27.5. The highest BCUT2D eigenvalue weighted by Crippen LogP contribution is 2.43. The maximum atomic E-state index is 13.6. The van der Waals surface area contributed by atoms with Gasteiger partial charge in [0, 0.05) is 12.8 Å². The average molecular weight is 1240 g/mol. The third-order valence-electron chi connectivity index (χ3n) is 16.3. The van der Waals surface area contributed by atoms with Crippen LogP contribution in [-0.4, -0.2) is 74.3 Å². The summed E-state index contributed by atoms with van der Waals surface area (Å²) in [4.78, 5) is 37.9. The lowest BCUT2D eigenvalue weighted by atomic mass is 10.0. The highest BCUT2D eigenvalue weighted by atomic mass is 31.2. The van der Waals surface area contributed by atoms with Crippen molar-refractivity contribution in [2.75, 3.05) is 40.9 Å². The largest absolute Gasteiger partial charge is 0.472 e. The van der Waals surface area contributed by atoms with E-state index >= 15 is 0 Å². The number of hydrogen-bond donors (Lipinski definition) is 2. The van der Waals surface area contributed by atoms with Crippen molar-refractivity contribution in [2.45, 2.75) is 354 Å². The SMILES string of the molecule is CC/C=C\C/C=C\C/C=C\C/C=C\C/C=C\C/C=C\CCCCCCC(=O)NC(COP(=O)(O)OCC[N+](C)(C)C)C(/C=C/CCCCCCCCCCC)OC(=O)CCCCCCCCCCCCCCCCCCCCCCCCCCCCC. The van der Waals surface area contributed by atoms with E-state index in [1.807, 2.05) is 33.3 Å². The molecule has 0 aromatic carbocycles. The van der Waals surface area contributed by atoms with E-state index in [2.05, 4.69) is 99.0 Å². The number of nitrogens with zero attached hydrogens (tertiary/aromatic N) is 1. The van der Waals surface area contributed by atoms with E-state index in [-0.39, 0.29) is 31.5 Å². The minimum absolute atomic E-state index is 0.0328. The van der Waals surface area contributed by atoms with Gasteiger partial charge in [0.1, 0.15) is 19.3 Å². The molecule has 0 aliphatic carbocycles.